The van der Waals surface area contributed by atoms with E-state index >= 15 is 0 Å². The van der Waals surface area contributed by atoms with Crippen LogP contribution in [-0.2, 0) is 23.1 Å². The number of primary amides is 1. The molecule has 1 heterocycles. The molecule has 3 rings (SSSR count). The summed E-state index contributed by atoms with van der Waals surface area (Å²) >= 11 is 0. The lowest BCUT2D eigenvalue weighted by atomic mass is 10.0. The Kier molecular flexibility index (Phi) is 5.64. The van der Waals surface area contributed by atoms with Gasteiger partial charge in [-0.2, -0.15) is 0 Å². The van der Waals surface area contributed by atoms with Gasteiger partial charge in [0.2, 0.25) is 5.78 Å². The molecule has 0 saturated carbocycles. The summed E-state index contributed by atoms with van der Waals surface area (Å²) in [6.45, 7) is 0. The van der Waals surface area contributed by atoms with Crippen molar-refractivity contribution in [2.45, 2.75) is 12.5 Å². The second kappa shape index (κ2) is 8.30. The number of ketones is 1. The van der Waals surface area contributed by atoms with Crippen LogP contribution in [0.15, 0.2) is 67.0 Å². The number of carbonyl (C=O) groups is 3. The Balaban J connectivity index is 1.89. The van der Waals surface area contributed by atoms with E-state index in [1.165, 1.54) is 6.33 Å². The third kappa shape index (κ3) is 4.15. The molecule has 28 heavy (non-hydrogen) atoms. The number of aryl methyl sites for hydroxylation is 1. The lowest BCUT2D eigenvalue weighted by molar-refractivity contribution is -0.137. The summed E-state index contributed by atoms with van der Waals surface area (Å²) in [5, 5.41) is 2.62. The third-order valence-corrected chi connectivity index (χ3v) is 4.35. The smallest absolute Gasteiger partial charge is 0.287 e. The van der Waals surface area contributed by atoms with Gasteiger partial charge < -0.3 is 15.6 Å². The number of aromatic nitrogens is 2. The van der Waals surface area contributed by atoms with Crippen LogP contribution < -0.4 is 11.1 Å². The molecule has 0 spiro atoms. The summed E-state index contributed by atoms with van der Waals surface area (Å²) in [5.74, 6) is -2.49. The molecule has 2 aromatic carbocycles. The molecular formula is C21H20N4O3. The Morgan fingerprint density at radius 3 is 2.25 bits per heavy atom. The Labute approximate surface area is 162 Å². The summed E-state index contributed by atoms with van der Waals surface area (Å²) < 4.78 is 1.73. The second-order valence-corrected chi connectivity index (χ2v) is 6.36. The maximum absolute atomic E-state index is 12.9. The van der Waals surface area contributed by atoms with Crippen molar-refractivity contribution >= 4 is 17.6 Å². The van der Waals surface area contributed by atoms with Crippen LogP contribution in [0.4, 0.5) is 0 Å². The molecule has 1 aromatic heterocycles. The Bertz CT molecular complexity index is 997. The number of imidazole rings is 1. The molecule has 0 aliphatic carbocycles. The van der Waals surface area contributed by atoms with Crippen LogP contribution in [0.3, 0.4) is 0 Å². The molecule has 0 aliphatic rings. The van der Waals surface area contributed by atoms with E-state index in [2.05, 4.69) is 10.3 Å². The number of rotatable bonds is 7. The summed E-state index contributed by atoms with van der Waals surface area (Å²) in [6.07, 6.45) is 1.68. The molecule has 2 amide bonds. The van der Waals surface area contributed by atoms with Crippen molar-refractivity contribution in [1.82, 2.24) is 14.9 Å². The molecule has 0 aliphatic heterocycles. The van der Waals surface area contributed by atoms with Crippen molar-refractivity contribution in [2.24, 2.45) is 12.8 Å². The van der Waals surface area contributed by atoms with Crippen molar-refractivity contribution in [3.8, 4) is 11.3 Å². The zero-order chi connectivity index (χ0) is 20.1. The highest BCUT2D eigenvalue weighted by molar-refractivity contribution is 6.38. The van der Waals surface area contributed by atoms with E-state index in [-0.39, 0.29) is 12.1 Å². The van der Waals surface area contributed by atoms with E-state index in [4.69, 9.17) is 5.73 Å². The summed E-state index contributed by atoms with van der Waals surface area (Å²) in [7, 11) is 1.78. The fraction of sp³-hybridized carbons (Fsp3) is 0.143. The van der Waals surface area contributed by atoms with Crippen LogP contribution in [0.1, 0.15) is 16.1 Å². The van der Waals surface area contributed by atoms with Gasteiger partial charge in [-0.05, 0) is 5.56 Å². The lowest BCUT2D eigenvalue weighted by Gasteiger charge is -2.16. The zero-order valence-electron chi connectivity index (χ0n) is 15.3. The van der Waals surface area contributed by atoms with E-state index in [9.17, 15) is 14.4 Å². The van der Waals surface area contributed by atoms with E-state index < -0.39 is 23.6 Å². The highest BCUT2D eigenvalue weighted by atomic mass is 16.2. The van der Waals surface area contributed by atoms with Crippen LogP contribution in [0.25, 0.3) is 11.3 Å². The van der Waals surface area contributed by atoms with Gasteiger partial charge in [0.25, 0.3) is 11.8 Å². The number of carbonyl (C=O) groups excluding carboxylic acids is 3. The summed E-state index contributed by atoms with van der Waals surface area (Å²) in [4.78, 5) is 40.8. The standard InChI is InChI=1S/C21H20N4O3/c1-25-13-23-17(18(25)15-10-6-3-7-11-15)21(28)24-16(19(26)20(22)27)12-14-8-4-2-5-9-14/h2-11,13,16H,12H2,1H3,(H2,22,27)(H,24,28). The third-order valence-electron chi connectivity index (χ3n) is 4.35. The largest absolute Gasteiger partial charge is 0.363 e. The summed E-state index contributed by atoms with van der Waals surface area (Å²) in [5.41, 5.74) is 7.57. The molecule has 0 fully saturated rings. The Morgan fingerprint density at radius 2 is 1.64 bits per heavy atom. The van der Waals surface area contributed by atoms with Gasteiger partial charge in [-0.1, -0.05) is 60.7 Å². The highest BCUT2D eigenvalue weighted by Crippen LogP contribution is 2.22. The molecule has 3 N–H and O–H groups in total. The average Bonchev–Trinajstić information content (AvgIpc) is 3.09. The van der Waals surface area contributed by atoms with Crippen LogP contribution in [-0.4, -0.2) is 33.2 Å². The van der Waals surface area contributed by atoms with Gasteiger partial charge in [0.15, 0.2) is 5.69 Å². The lowest BCUT2D eigenvalue weighted by Crippen LogP contribution is -2.47. The zero-order valence-corrected chi connectivity index (χ0v) is 15.3. The number of hydrogen-bond acceptors (Lipinski definition) is 4. The van der Waals surface area contributed by atoms with Crippen molar-refractivity contribution in [2.75, 3.05) is 0 Å². The van der Waals surface area contributed by atoms with E-state index in [0.717, 1.165) is 11.1 Å². The number of amides is 2. The minimum atomic E-state index is -1.09. The molecule has 7 heteroatoms. The first-order valence-electron chi connectivity index (χ1n) is 8.72. The van der Waals surface area contributed by atoms with E-state index in [1.54, 1.807) is 11.6 Å². The SMILES string of the molecule is Cn1cnc(C(=O)NC(Cc2ccccc2)C(=O)C(N)=O)c1-c1ccccc1. The maximum atomic E-state index is 12.9. The topological polar surface area (TPSA) is 107 Å². The van der Waals surface area contributed by atoms with Gasteiger partial charge >= 0.3 is 0 Å². The van der Waals surface area contributed by atoms with E-state index in [1.807, 2.05) is 60.7 Å². The molecule has 142 valence electrons. The minimum Gasteiger partial charge on any atom is -0.363 e. The number of nitrogens with zero attached hydrogens (tertiary/aromatic N) is 2. The number of hydrogen-bond donors (Lipinski definition) is 2. The molecule has 0 bridgehead atoms. The van der Waals surface area contributed by atoms with Crippen molar-refractivity contribution < 1.29 is 14.4 Å². The Hall–Kier alpha value is -3.74. The molecule has 0 radical (unpaired) electrons. The quantitative estimate of drug-likeness (QED) is 0.609. The maximum Gasteiger partial charge on any atom is 0.287 e. The van der Waals surface area contributed by atoms with Gasteiger partial charge in [-0.25, -0.2) is 4.98 Å². The van der Waals surface area contributed by atoms with Crippen LogP contribution in [0.2, 0.25) is 0 Å². The number of nitrogens with two attached hydrogens (primary N) is 1. The molecule has 0 saturated heterocycles. The fourth-order valence-corrected chi connectivity index (χ4v) is 2.99. The minimum absolute atomic E-state index is 0.155. The number of Topliss-reactive ketones (excluding diaryl/α,β-unsaturated/α-hetero) is 1. The normalized spacial score (nSPS) is 11.6. The van der Waals surface area contributed by atoms with Crippen molar-refractivity contribution in [3.63, 3.8) is 0 Å². The number of benzene rings is 2. The first kappa shape index (κ1) is 19.0. The molecular weight excluding hydrogens is 356 g/mol. The van der Waals surface area contributed by atoms with Crippen LogP contribution in [0, 0.1) is 0 Å². The first-order chi connectivity index (χ1) is 13.5. The Morgan fingerprint density at radius 1 is 1.04 bits per heavy atom. The van der Waals surface area contributed by atoms with Crippen LogP contribution in [0.5, 0.6) is 0 Å². The van der Waals surface area contributed by atoms with Gasteiger partial charge in [0, 0.05) is 19.0 Å². The fourth-order valence-electron chi connectivity index (χ4n) is 2.99. The molecule has 1 unspecified atom stereocenters. The average molecular weight is 376 g/mol. The summed E-state index contributed by atoms with van der Waals surface area (Å²) in [6, 6.07) is 17.3. The van der Waals surface area contributed by atoms with E-state index in [0.29, 0.717) is 5.69 Å². The second-order valence-electron chi connectivity index (χ2n) is 6.36. The monoisotopic (exact) mass is 376 g/mol. The van der Waals surface area contributed by atoms with Gasteiger partial charge in [-0.3, -0.25) is 14.4 Å². The van der Waals surface area contributed by atoms with Gasteiger partial charge in [-0.15, -0.1) is 0 Å². The predicted molar refractivity (Wildman–Crippen MR) is 104 cm³/mol. The van der Waals surface area contributed by atoms with Crippen LogP contribution >= 0.6 is 0 Å². The van der Waals surface area contributed by atoms with Crippen molar-refractivity contribution in [3.05, 3.63) is 78.2 Å². The predicted octanol–water partition coefficient (Wildman–Crippen LogP) is 1.48. The molecule has 1 atom stereocenters. The van der Waals surface area contributed by atoms with Crippen molar-refractivity contribution in [1.29, 1.82) is 0 Å². The highest BCUT2D eigenvalue weighted by Gasteiger charge is 2.28. The van der Waals surface area contributed by atoms with Gasteiger partial charge in [0.1, 0.15) is 6.04 Å². The first-order valence-corrected chi connectivity index (χ1v) is 8.72. The molecule has 7 nitrogen and oxygen atoms in total. The molecule has 3 aromatic rings. The number of nitrogens with one attached hydrogen (secondary N) is 1. The van der Waals surface area contributed by atoms with Gasteiger partial charge in [0.05, 0.1) is 12.0 Å².